The lowest BCUT2D eigenvalue weighted by Gasteiger charge is -2.23. The highest BCUT2D eigenvalue weighted by Gasteiger charge is 2.12. The minimum Gasteiger partial charge on any atom is -0.481 e. The van der Waals surface area contributed by atoms with Crippen LogP contribution in [-0.2, 0) is 14.4 Å². The maximum Gasteiger partial charge on any atom is 0.303 e. The zero-order chi connectivity index (χ0) is 18.9. The van der Waals surface area contributed by atoms with E-state index in [9.17, 15) is 14.4 Å². The molecule has 0 unspecified atom stereocenters. The number of nitrogens with zero attached hydrogens (tertiary/aromatic N) is 1. The van der Waals surface area contributed by atoms with Gasteiger partial charge in [-0.3, -0.25) is 14.4 Å². The second-order valence-electron chi connectivity index (χ2n) is 6.39. The van der Waals surface area contributed by atoms with Gasteiger partial charge in [-0.05, 0) is 45.1 Å². The normalized spacial score (nSPS) is 10.6. The van der Waals surface area contributed by atoms with E-state index in [1.165, 1.54) is 0 Å². The summed E-state index contributed by atoms with van der Waals surface area (Å²) in [6.07, 6.45) is 8.03. The molecule has 0 aliphatic carbocycles. The number of hydrogen-bond donors (Lipinski definition) is 3. The van der Waals surface area contributed by atoms with E-state index in [4.69, 9.17) is 15.9 Å². The number of unbranched alkanes of at least 4 members (excludes halogenated alkanes) is 6. The predicted octanol–water partition coefficient (Wildman–Crippen LogP) is 2.62. The smallest absolute Gasteiger partial charge is 0.303 e. The first-order valence-corrected chi connectivity index (χ1v) is 9.38. The molecule has 0 fully saturated rings. The third kappa shape index (κ3) is 15.6. The Kier molecular flexibility index (Phi) is 14.8. The van der Waals surface area contributed by atoms with Crippen molar-refractivity contribution in [2.45, 2.75) is 77.0 Å². The highest BCUT2D eigenvalue weighted by Crippen LogP contribution is 2.09. The van der Waals surface area contributed by atoms with Crippen LogP contribution in [-0.4, -0.2) is 52.6 Å². The van der Waals surface area contributed by atoms with E-state index >= 15 is 0 Å². The summed E-state index contributed by atoms with van der Waals surface area (Å²) in [5, 5.41) is 17.3. The molecule has 0 bridgehead atoms. The topological polar surface area (TPSA) is 121 Å². The highest BCUT2D eigenvalue weighted by atomic mass is 16.4. The molecule has 0 aromatic heterocycles. The molecule has 0 aliphatic heterocycles. The van der Waals surface area contributed by atoms with Crippen LogP contribution in [0.4, 0.5) is 0 Å². The molecular formula is C18H34N2O5. The van der Waals surface area contributed by atoms with E-state index < -0.39 is 11.9 Å². The van der Waals surface area contributed by atoms with Crippen molar-refractivity contribution in [2.24, 2.45) is 5.73 Å². The van der Waals surface area contributed by atoms with Gasteiger partial charge >= 0.3 is 11.9 Å². The number of rotatable bonds is 17. The molecule has 0 spiro atoms. The molecule has 25 heavy (non-hydrogen) atoms. The molecule has 0 aromatic rings. The van der Waals surface area contributed by atoms with Gasteiger partial charge in [-0.1, -0.05) is 19.3 Å². The van der Waals surface area contributed by atoms with Crippen LogP contribution in [0.3, 0.4) is 0 Å². The molecule has 0 heterocycles. The molecule has 0 saturated carbocycles. The predicted molar refractivity (Wildman–Crippen MR) is 96.3 cm³/mol. The van der Waals surface area contributed by atoms with Gasteiger partial charge in [0, 0.05) is 32.4 Å². The van der Waals surface area contributed by atoms with Crippen molar-refractivity contribution in [1.82, 2.24) is 4.90 Å². The van der Waals surface area contributed by atoms with Gasteiger partial charge in [0.2, 0.25) is 5.91 Å². The molecule has 0 aliphatic rings. The zero-order valence-corrected chi connectivity index (χ0v) is 15.3. The number of nitrogens with two attached hydrogens (primary N) is 1. The summed E-state index contributed by atoms with van der Waals surface area (Å²) in [6.45, 7) is 1.94. The van der Waals surface area contributed by atoms with Crippen LogP contribution >= 0.6 is 0 Å². The molecule has 0 saturated heterocycles. The molecule has 146 valence electrons. The van der Waals surface area contributed by atoms with E-state index in [2.05, 4.69) is 0 Å². The SMILES string of the molecule is NCCCCCC(=O)N(CCCCCC(=O)O)CCCCCC(=O)O. The quantitative estimate of drug-likeness (QED) is 0.344. The second kappa shape index (κ2) is 15.9. The lowest BCUT2D eigenvalue weighted by Crippen LogP contribution is -2.32. The summed E-state index contributed by atoms with van der Waals surface area (Å²) in [5.41, 5.74) is 5.46. The van der Waals surface area contributed by atoms with Gasteiger partial charge in [-0.15, -0.1) is 0 Å². The van der Waals surface area contributed by atoms with Crippen LogP contribution in [0.1, 0.15) is 77.0 Å². The summed E-state index contributed by atoms with van der Waals surface area (Å²) >= 11 is 0. The number of amides is 1. The Balaban J connectivity index is 4.12. The van der Waals surface area contributed by atoms with Crippen molar-refractivity contribution in [1.29, 1.82) is 0 Å². The molecule has 7 nitrogen and oxygen atoms in total. The molecule has 7 heteroatoms. The van der Waals surface area contributed by atoms with Gasteiger partial charge in [-0.2, -0.15) is 0 Å². The van der Waals surface area contributed by atoms with Crippen molar-refractivity contribution < 1.29 is 24.6 Å². The Morgan fingerprint density at radius 3 is 1.52 bits per heavy atom. The first kappa shape index (κ1) is 23.4. The number of carbonyl (C=O) groups is 3. The van der Waals surface area contributed by atoms with Gasteiger partial charge in [0.25, 0.3) is 0 Å². The van der Waals surface area contributed by atoms with Crippen molar-refractivity contribution in [3.8, 4) is 0 Å². The number of aliphatic carboxylic acids is 2. The third-order valence-electron chi connectivity index (χ3n) is 4.08. The van der Waals surface area contributed by atoms with E-state index in [0.29, 0.717) is 38.9 Å². The van der Waals surface area contributed by atoms with Crippen LogP contribution < -0.4 is 5.73 Å². The van der Waals surface area contributed by atoms with E-state index in [-0.39, 0.29) is 18.7 Å². The maximum absolute atomic E-state index is 12.4. The van der Waals surface area contributed by atoms with Crippen molar-refractivity contribution in [3.05, 3.63) is 0 Å². The molecule has 1 amide bonds. The average molecular weight is 358 g/mol. The molecular weight excluding hydrogens is 324 g/mol. The van der Waals surface area contributed by atoms with Crippen molar-refractivity contribution >= 4 is 17.8 Å². The number of carboxylic acids is 2. The first-order chi connectivity index (χ1) is 12.0. The van der Waals surface area contributed by atoms with Gasteiger partial charge in [0.15, 0.2) is 0 Å². The fraction of sp³-hybridized carbons (Fsp3) is 0.833. The fourth-order valence-electron chi connectivity index (χ4n) is 2.63. The molecule has 0 aromatic carbocycles. The molecule has 0 radical (unpaired) electrons. The lowest BCUT2D eigenvalue weighted by molar-refractivity contribution is -0.138. The first-order valence-electron chi connectivity index (χ1n) is 9.38. The second-order valence-corrected chi connectivity index (χ2v) is 6.39. The van der Waals surface area contributed by atoms with Crippen LogP contribution in [0.25, 0.3) is 0 Å². The highest BCUT2D eigenvalue weighted by molar-refractivity contribution is 5.76. The Hall–Kier alpha value is -1.63. The Labute approximate surface area is 150 Å². The van der Waals surface area contributed by atoms with Crippen LogP contribution in [0, 0.1) is 0 Å². The molecule has 4 N–H and O–H groups in total. The third-order valence-corrected chi connectivity index (χ3v) is 4.08. The standard InChI is InChI=1S/C18H34N2O5/c19-13-7-1-4-10-16(21)20(14-8-2-5-11-17(22)23)15-9-3-6-12-18(24)25/h1-15,19H2,(H,22,23)(H,24,25). The Morgan fingerprint density at radius 1 is 0.640 bits per heavy atom. The van der Waals surface area contributed by atoms with Gasteiger partial charge in [0.1, 0.15) is 0 Å². The monoisotopic (exact) mass is 358 g/mol. The lowest BCUT2D eigenvalue weighted by atomic mass is 10.1. The minimum absolute atomic E-state index is 0.133. The zero-order valence-electron chi connectivity index (χ0n) is 15.3. The van der Waals surface area contributed by atoms with Crippen LogP contribution in [0.15, 0.2) is 0 Å². The Morgan fingerprint density at radius 2 is 1.08 bits per heavy atom. The summed E-state index contributed by atoms with van der Waals surface area (Å²) in [4.78, 5) is 35.2. The van der Waals surface area contributed by atoms with Gasteiger partial charge in [0.05, 0.1) is 0 Å². The average Bonchev–Trinajstić information content (AvgIpc) is 2.55. The molecule has 0 rings (SSSR count). The fourth-order valence-corrected chi connectivity index (χ4v) is 2.63. The Bertz CT molecular complexity index is 364. The number of carboxylic acid groups (broad SMARTS) is 2. The van der Waals surface area contributed by atoms with Crippen molar-refractivity contribution in [3.63, 3.8) is 0 Å². The largest absolute Gasteiger partial charge is 0.481 e. The van der Waals surface area contributed by atoms with E-state index in [0.717, 1.165) is 44.9 Å². The van der Waals surface area contributed by atoms with E-state index in [1.54, 1.807) is 0 Å². The summed E-state index contributed by atoms with van der Waals surface area (Å²) < 4.78 is 0. The number of carbonyl (C=O) groups excluding carboxylic acids is 1. The van der Waals surface area contributed by atoms with Gasteiger partial charge < -0.3 is 20.8 Å². The van der Waals surface area contributed by atoms with Crippen LogP contribution in [0.2, 0.25) is 0 Å². The van der Waals surface area contributed by atoms with Crippen LogP contribution in [0.5, 0.6) is 0 Å². The summed E-state index contributed by atoms with van der Waals surface area (Å²) in [6, 6.07) is 0. The minimum atomic E-state index is -0.786. The molecule has 0 atom stereocenters. The van der Waals surface area contributed by atoms with Gasteiger partial charge in [-0.25, -0.2) is 0 Å². The van der Waals surface area contributed by atoms with E-state index in [1.807, 2.05) is 4.90 Å². The number of hydrogen-bond acceptors (Lipinski definition) is 4. The maximum atomic E-state index is 12.4. The van der Waals surface area contributed by atoms with Crippen molar-refractivity contribution in [2.75, 3.05) is 19.6 Å². The summed E-state index contributed by atoms with van der Waals surface area (Å²) in [7, 11) is 0. The summed E-state index contributed by atoms with van der Waals surface area (Å²) in [5.74, 6) is -1.44.